The number of aryl methyl sites for hydroxylation is 1. The molecule has 10 heteroatoms. The Bertz CT molecular complexity index is 1360. The van der Waals surface area contributed by atoms with Crippen molar-refractivity contribution in [3.05, 3.63) is 45.9 Å². The average molecular weight is 513 g/mol. The van der Waals surface area contributed by atoms with Crippen LogP contribution in [0, 0.1) is 5.92 Å². The number of nitrogens with zero attached hydrogens (tertiary/aromatic N) is 5. The lowest BCUT2D eigenvalue weighted by Crippen LogP contribution is -2.09. The van der Waals surface area contributed by atoms with E-state index in [0.717, 1.165) is 23.7 Å². The summed E-state index contributed by atoms with van der Waals surface area (Å²) < 4.78 is 12.5. The summed E-state index contributed by atoms with van der Waals surface area (Å²) in [5.41, 5.74) is 3.24. The first-order valence-corrected chi connectivity index (χ1v) is 12.9. The summed E-state index contributed by atoms with van der Waals surface area (Å²) in [5, 5.41) is 4.24. The zero-order chi connectivity index (χ0) is 25.7. The van der Waals surface area contributed by atoms with Crippen LogP contribution in [-0.4, -0.2) is 36.3 Å². The highest BCUT2D eigenvalue weighted by molar-refractivity contribution is 6.30. The van der Waals surface area contributed by atoms with E-state index in [1.807, 2.05) is 25.5 Å². The third-order valence-corrected chi connectivity index (χ3v) is 6.68. The number of hydrogen-bond acceptors (Lipinski definition) is 7. The van der Waals surface area contributed by atoms with Gasteiger partial charge in [-0.3, -0.25) is 14.5 Å². The first-order valence-electron chi connectivity index (χ1n) is 12.6. The van der Waals surface area contributed by atoms with Gasteiger partial charge in [0.2, 0.25) is 5.82 Å². The molecule has 36 heavy (non-hydrogen) atoms. The fraction of sp³-hybridized carbons (Fsp3) is 0.500. The molecule has 0 aliphatic heterocycles. The Morgan fingerprint density at radius 2 is 1.97 bits per heavy atom. The maximum Gasteiger partial charge on any atom is 0.439 e. The summed E-state index contributed by atoms with van der Waals surface area (Å²) >= 11 is 6.16. The number of pyridine rings is 2. The minimum absolute atomic E-state index is 0.155. The van der Waals surface area contributed by atoms with Gasteiger partial charge in [0.15, 0.2) is 0 Å². The lowest BCUT2D eigenvalue weighted by molar-refractivity contribution is 0.0519. The second-order valence-corrected chi connectivity index (χ2v) is 9.62. The maximum atomic E-state index is 11.4. The summed E-state index contributed by atoms with van der Waals surface area (Å²) in [7, 11) is 1.92. The van der Waals surface area contributed by atoms with Crippen molar-refractivity contribution in [3.63, 3.8) is 0 Å². The molecule has 1 atom stereocenters. The molecular weight excluding hydrogens is 480 g/mol. The van der Waals surface area contributed by atoms with Crippen LogP contribution in [0.3, 0.4) is 0 Å². The smallest absolute Gasteiger partial charge is 0.371 e. The Labute approximate surface area is 215 Å². The van der Waals surface area contributed by atoms with Crippen LogP contribution in [0.15, 0.2) is 33.8 Å². The molecule has 1 fully saturated rings. The number of aromatic nitrogens is 6. The van der Waals surface area contributed by atoms with Crippen LogP contribution < -0.4 is 5.76 Å². The number of hydrogen-bond donors (Lipinski definition) is 1. The molecule has 4 aromatic rings. The van der Waals surface area contributed by atoms with Gasteiger partial charge in [-0.25, -0.2) is 14.8 Å². The molecule has 4 heterocycles. The third-order valence-electron chi connectivity index (χ3n) is 6.47. The Morgan fingerprint density at radius 3 is 2.56 bits per heavy atom. The van der Waals surface area contributed by atoms with E-state index >= 15 is 0 Å². The van der Waals surface area contributed by atoms with Crippen molar-refractivity contribution < 1.29 is 9.26 Å². The van der Waals surface area contributed by atoms with E-state index in [-0.39, 0.29) is 11.9 Å². The highest BCUT2D eigenvalue weighted by atomic mass is 35.5. The number of fused-ring (bicyclic) bond motifs is 1. The second-order valence-electron chi connectivity index (χ2n) is 9.18. The quantitative estimate of drug-likeness (QED) is 0.332. The van der Waals surface area contributed by atoms with Gasteiger partial charge in [0.05, 0.1) is 21.7 Å². The molecule has 0 saturated heterocycles. The van der Waals surface area contributed by atoms with Crippen molar-refractivity contribution in [1.29, 1.82) is 0 Å². The molecule has 1 N–H and O–H groups in total. The van der Waals surface area contributed by atoms with Crippen LogP contribution in [0.2, 0.25) is 5.02 Å². The summed E-state index contributed by atoms with van der Waals surface area (Å²) in [6.45, 7) is 6.94. The van der Waals surface area contributed by atoms with Crippen LogP contribution in [-0.2, 0) is 11.8 Å². The van der Waals surface area contributed by atoms with Gasteiger partial charge in [0, 0.05) is 31.6 Å². The van der Waals surface area contributed by atoms with Crippen LogP contribution in [0.4, 0.5) is 0 Å². The monoisotopic (exact) mass is 512 g/mol. The van der Waals surface area contributed by atoms with Gasteiger partial charge in [0.25, 0.3) is 0 Å². The number of H-pyrrole nitrogens is 1. The zero-order valence-electron chi connectivity index (χ0n) is 21.3. The van der Waals surface area contributed by atoms with Gasteiger partial charge in [-0.2, -0.15) is 0 Å². The highest BCUT2D eigenvalue weighted by Gasteiger charge is 2.22. The third kappa shape index (κ3) is 5.84. The summed E-state index contributed by atoms with van der Waals surface area (Å²) in [6.07, 6.45) is 11.3. The second kappa shape index (κ2) is 11.8. The van der Waals surface area contributed by atoms with Crippen molar-refractivity contribution in [2.45, 2.75) is 65.4 Å². The van der Waals surface area contributed by atoms with Gasteiger partial charge >= 0.3 is 5.76 Å². The van der Waals surface area contributed by atoms with Gasteiger partial charge in [-0.1, -0.05) is 62.7 Å². The maximum absolute atomic E-state index is 11.4. The predicted molar refractivity (Wildman–Crippen MR) is 140 cm³/mol. The van der Waals surface area contributed by atoms with Crippen molar-refractivity contribution in [1.82, 2.24) is 29.7 Å². The number of imidazole rings is 1. The molecule has 1 unspecified atom stereocenters. The SMILES string of the molecule is CC1CCCCC1.CCOC(CC)c1nc2cc(-c3noc(=O)[nH]3)nc(-c3cncc(Cl)c3)c2n1C. The Morgan fingerprint density at radius 1 is 1.19 bits per heavy atom. The van der Waals surface area contributed by atoms with Gasteiger partial charge in [0.1, 0.15) is 17.6 Å². The van der Waals surface area contributed by atoms with E-state index in [0.29, 0.717) is 34.1 Å². The summed E-state index contributed by atoms with van der Waals surface area (Å²) in [5.74, 6) is 1.39. The fourth-order valence-corrected chi connectivity index (χ4v) is 4.80. The first-order chi connectivity index (χ1) is 17.4. The van der Waals surface area contributed by atoms with Gasteiger partial charge in [-0.15, -0.1) is 0 Å². The molecule has 1 aliphatic carbocycles. The van der Waals surface area contributed by atoms with E-state index in [4.69, 9.17) is 26.3 Å². The van der Waals surface area contributed by atoms with E-state index in [1.54, 1.807) is 24.5 Å². The van der Waals surface area contributed by atoms with E-state index in [2.05, 4.69) is 26.6 Å². The summed E-state index contributed by atoms with van der Waals surface area (Å²) in [4.78, 5) is 27.6. The minimum atomic E-state index is -0.656. The Balaban J connectivity index is 0.000000375. The molecule has 0 radical (unpaired) electrons. The summed E-state index contributed by atoms with van der Waals surface area (Å²) in [6, 6.07) is 3.53. The highest BCUT2D eigenvalue weighted by Crippen LogP contribution is 2.33. The van der Waals surface area contributed by atoms with Crippen molar-refractivity contribution in [2.24, 2.45) is 13.0 Å². The predicted octanol–water partition coefficient (Wildman–Crippen LogP) is 6.10. The molecule has 4 aromatic heterocycles. The number of nitrogens with one attached hydrogen (secondary N) is 1. The Kier molecular flexibility index (Phi) is 8.53. The topological polar surface area (TPSA) is 112 Å². The lowest BCUT2D eigenvalue weighted by Gasteiger charge is -2.15. The lowest BCUT2D eigenvalue weighted by atomic mass is 9.91. The van der Waals surface area contributed by atoms with Crippen LogP contribution in [0.25, 0.3) is 33.8 Å². The number of aromatic amines is 1. The number of rotatable bonds is 6. The van der Waals surface area contributed by atoms with Crippen molar-refractivity contribution >= 4 is 22.6 Å². The van der Waals surface area contributed by atoms with Crippen molar-refractivity contribution in [3.8, 4) is 22.8 Å². The average Bonchev–Trinajstić information content (AvgIpc) is 3.46. The number of halogens is 1. The molecule has 1 aliphatic rings. The molecule has 0 aromatic carbocycles. The van der Waals surface area contributed by atoms with Crippen LogP contribution in [0.5, 0.6) is 0 Å². The largest absolute Gasteiger partial charge is 0.439 e. The molecule has 0 amide bonds. The van der Waals surface area contributed by atoms with Crippen LogP contribution >= 0.6 is 11.6 Å². The van der Waals surface area contributed by atoms with Gasteiger partial charge < -0.3 is 9.30 Å². The van der Waals surface area contributed by atoms with E-state index in [9.17, 15) is 4.79 Å². The standard InChI is InChI=1S/C19H19ClN6O3.C7H14/c1-4-14(28-5-2)18-23-12-7-13(17-24-19(27)29-25-17)22-15(16(12)26(18)3)10-6-11(20)9-21-8-10;1-7-5-3-2-4-6-7/h6-9,14H,4-5H2,1-3H3,(H,24,25,27);7H,2-6H2,1H3. The van der Waals surface area contributed by atoms with Crippen LogP contribution in [0.1, 0.15) is 71.2 Å². The molecule has 9 nitrogen and oxygen atoms in total. The minimum Gasteiger partial charge on any atom is -0.371 e. The molecular formula is C26H33ClN6O3. The fourth-order valence-electron chi connectivity index (χ4n) is 4.63. The molecule has 1 saturated carbocycles. The van der Waals surface area contributed by atoms with E-state index < -0.39 is 5.76 Å². The molecule has 192 valence electrons. The normalized spacial score (nSPS) is 15.0. The van der Waals surface area contributed by atoms with Gasteiger partial charge in [-0.05, 0) is 31.4 Å². The number of ether oxygens (including phenoxy) is 1. The van der Waals surface area contributed by atoms with Crippen molar-refractivity contribution in [2.75, 3.05) is 6.61 Å². The first kappa shape index (κ1) is 26.0. The molecule has 0 bridgehead atoms. The molecule has 5 rings (SSSR count). The zero-order valence-corrected chi connectivity index (χ0v) is 22.0. The van der Waals surface area contributed by atoms with E-state index in [1.165, 1.54) is 32.1 Å². The molecule has 0 spiro atoms. The Hall–Kier alpha value is -3.04.